The van der Waals surface area contributed by atoms with Gasteiger partial charge in [-0.3, -0.25) is 9.78 Å². The summed E-state index contributed by atoms with van der Waals surface area (Å²) in [6, 6.07) is 8.15. The molecule has 0 unspecified atom stereocenters. The first-order valence-corrected chi connectivity index (χ1v) is 6.52. The monoisotopic (exact) mass is 309 g/mol. The number of benzene rings is 1. The van der Waals surface area contributed by atoms with Gasteiger partial charge in [0.2, 0.25) is 5.91 Å². The van der Waals surface area contributed by atoms with E-state index in [0.29, 0.717) is 6.54 Å². The number of nitrogens with one attached hydrogen (secondary N) is 2. The van der Waals surface area contributed by atoms with Gasteiger partial charge in [-0.25, -0.2) is 0 Å². The van der Waals surface area contributed by atoms with Gasteiger partial charge in [0.05, 0.1) is 12.1 Å². The largest absolute Gasteiger partial charge is 0.416 e. The second-order valence-electron chi connectivity index (χ2n) is 4.59. The van der Waals surface area contributed by atoms with Crippen LogP contribution < -0.4 is 10.6 Å². The molecule has 2 aromatic rings. The van der Waals surface area contributed by atoms with Gasteiger partial charge in [0.1, 0.15) is 0 Å². The lowest BCUT2D eigenvalue weighted by atomic mass is 10.2. The average Bonchev–Trinajstić information content (AvgIpc) is 2.48. The Morgan fingerprint density at radius 3 is 2.68 bits per heavy atom. The van der Waals surface area contributed by atoms with E-state index < -0.39 is 17.6 Å². The fourth-order valence-electron chi connectivity index (χ4n) is 1.80. The SMILES string of the molecule is O=C(CNCc1cccnc1)Nc1cccc(C(F)(F)F)c1. The molecular formula is C15H14F3N3O. The summed E-state index contributed by atoms with van der Waals surface area (Å²) in [6.07, 6.45) is -1.12. The number of rotatable bonds is 5. The molecule has 0 aliphatic rings. The number of hydrogen-bond acceptors (Lipinski definition) is 3. The van der Waals surface area contributed by atoms with Gasteiger partial charge in [0, 0.05) is 24.6 Å². The summed E-state index contributed by atoms with van der Waals surface area (Å²) in [4.78, 5) is 15.6. The van der Waals surface area contributed by atoms with Gasteiger partial charge >= 0.3 is 6.18 Å². The zero-order chi connectivity index (χ0) is 16.0. The van der Waals surface area contributed by atoms with Crippen molar-refractivity contribution in [3.63, 3.8) is 0 Å². The van der Waals surface area contributed by atoms with Gasteiger partial charge in [0.15, 0.2) is 0 Å². The lowest BCUT2D eigenvalue weighted by molar-refractivity contribution is -0.137. The molecule has 0 aliphatic heterocycles. The molecular weight excluding hydrogens is 295 g/mol. The lowest BCUT2D eigenvalue weighted by Crippen LogP contribution is -2.27. The van der Waals surface area contributed by atoms with Crippen molar-refractivity contribution in [2.24, 2.45) is 0 Å². The summed E-state index contributed by atoms with van der Waals surface area (Å²) in [5, 5.41) is 5.32. The number of hydrogen-bond donors (Lipinski definition) is 2. The second-order valence-corrected chi connectivity index (χ2v) is 4.59. The van der Waals surface area contributed by atoms with Gasteiger partial charge in [-0.15, -0.1) is 0 Å². The van der Waals surface area contributed by atoms with E-state index in [0.717, 1.165) is 17.7 Å². The van der Waals surface area contributed by atoms with E-state index in [-0.39, 0.29) is 12.2 Å². The summed E-state index contributed by atoms with van der Waals surface area (Å²) in [6.45, 7) is 0.439. The number of pyridine rings is 1. The van der Waals surface area contributed by atoms with Crippen LogP contribution in [0.25, 0.3) is 0 Å². The number of anilines is 1. The molecule has 0 aliphatic carbocycles. The van der Waals surface area contributed by atoms with Crippen molar-refractivity contribution in [1.29, 1.82) is 0 Å². The van der Waals surface area contributed by atoms with E-state index in [9.17, 15) is 18.0 Å². The summed E-state index contributed by atoms with van der Waals surface area (Å²) < 4.78 is 37.7. The maximum atomic E-state index is 12.6. The molecule has 2 rings (SSSR count). The van der Waals surface area contributed by atoms with Crippen molar-refractivity contribution in [2.75, 3.05) is 11.9 Å². The van der Waals surface area contributed by atoms with Gasteiger partial charge in [-0.2, -0.15) is 13.2 Å². The summed E-state index contributed by atoms with van der Waals surface area (Å²) in [5.74, 6) is -0.414. The Morgan fingerprint density at radius 1 is 1.18 bits per heavy atom. The third kappa shape index (κ3) is 4.85. The summed E-state index contributed by atoms with van der Waals surface area (Å²) in [7, 11) is 0. The second kappa shape index (κ2) is 7.04. The Kier molecular flexibility index (Phi) is 5.11. The minimum absolute atomic E-state index is 0.00879. The smallest absolute Gasteiger partial charge is 0.325 e. The van der Waals surface area contributed by atoms with Gasteiger partial charge in [0.25, 0.3) is 0 Å². The predicted molar refractivity (Wildman–Crippen MR) is 76.0 cm³/mol. The third-order valence-electron chi connectivity index (χ3n) is 2.81. The van der Waals surface area contributed by atoms with E-state index in [2.05, 4.69) is 15.6 Å². The maximum Gasteiger partial charge on any atom is 0.416 e. The highest BCUT2D eigenvalue weighted by atomic mass is 19.4. The lowest BCUT2D eigenvalue weighted by Gasteiger charge is -2.10. The fraction of sp³-hybridized carbons (Fsp3) is 0.200. The highest BCUT2D eigenvalue weighted by molar-refractivity contribution is 5.92. The molecule has 0 saturated carbocycles. The number of carbonyl (C=O) groups is 1. The van der Waals surface area contributed by atoms with E-state index in [1.807, 2.05) is 6.07 Å². The highest BCUT2D eigenvalue weighted by Crippen LogP contribution is 2.30. The summed E-state index contributed by atoms with van der Waals surface area (Å²) >= 11 is 0. The van der Waals surface area contributed by atoms with Gasteiger partial charge in [-0.05, 0) is 29.8 Å². The number of amides is 1. The minimum atomic E-state index is -4.43. The molecule has 0 spiro atoms. The van der Waals surface area contributed by atoms with E-state index in [1.165, 1.54) is 12.1 Å². The Morgan fingerprint density at radius 2 is 2.00 bits per heavy atom. The molecule has 7 heteroatoms. The molecule has 4 nitrogen and oxygen atoms in total. The average molecular weight is 309 g/mol. The van der Waals surface area contributed by atoms with Crippen LogP contribution in [0.2, 0.25) is 0 Å². The van der Waals surface area contributed by atoms with Crippen molar-refractivity contribution in [2.45, 2.75) is 12.7 Å². The summed E-state index contributed by atoms with van der Waals surface area (Å²) in [5.41, 5.74) is 0.228. The first kappa shape index (κ1) is 16.0. The molecule has 0 radical (unpaired) electrons. The Labute approximate surface area is 125 Å². The molecule has 0 saturated heterocycles. The first-order valence-electron chi connectivity index (χ1n) is 6.52. The van der Waals surface area contributed by atoms with E-state index in [4.69, 9.17) is 0 Å². The first-order chi connectivity index (χ1) is 10.4. The van der Waals surface area contributed by atoms with E-state index in [1.54, 1.807) is 18.5 Å². The van der Waals surface area contributed by atoms with Gasteiger partial charge in [-0.1, -0.05) is 12.1 Å². The third-order valence-corrected chi connectivity index (χ3v) is 2.81. The molecule has 0 fully saturated rings. The van der Waals surface area contributed by atoms with Crippen LogP contribution in [0.4, 0.5) is 18.9 Å². The number of halogens is 3. The number of nitrogens with zero attached hydrogens (tertiary/aromatic N) is 1. The van der Waals surface area contributed by atoms with Crippen LogP contribution in [0.3, 0.4) is 0 Å². The number of alkyl halides is 3. The molecule has 1 heterocycles. The van der Waals surface area contributed by atoms with Crippen LogP contribution in [0.1, 0.15) is 11.1 Å². The molecule has 0 atom stereocenters. The van der Waals surface area contributed by atoms with Crippen LogP contribution >= 0.6 is 0 Å². The zero-order valence-electron chi connectivity index (χ0n) is 11.5. The standard InChI is InChI=1S/C15H14F3N3O/c16-15(17,18)12-4-1-5-13(7-12)21-14(22)10-20-9-11-3-2-6-19-8-11/h1-8,20H,9-10H2,(H,21,22). The van der Waals surface area contributed by atoms with Crippen molar-refractivity contribution in [3.8, 4) is 0 Å². The fourth-order valence-corrected chi connectivity index (χ4v) is 1.80. The van der Waals surface area contributed by atoms with Gasteiger partial charge < -0.3 is 10.6 Å². The van der Waals surface area contributed by atoms with Crippen molar-refractivity contribution < 1.29 is 18.0 Å². The molecule has 1 amide bonds. The molecule has 1 aromatic carbocycles. The Balaban J connectivity index is 1.84. The van der Waals surface area contributed by atoms with Crippen LogP contribution in [0.5, 0.6) is 0 Å². The minimum Gasteiger partial charge on any atom is -0.325 e. The molecule has 0 bridgehead atoms. The topological polar surface area (TPSA) is 54.0 Å². The molecule has 1 aromatic heterocycles. The van der Waals surface area contributed by atoms with Crippen LogP contribution in [0, 0.1) is 0 Å². The van der Waals surface area contributed by atoms with Crippen LogP contribution in [-0.4, -0.2) is 17.4 Å². The van der Waals surface area contributed by atoms with Crippen molar-refractivity contribution in [3.05, 3.63) is 59.9 Å². The maximum absolute atomic E-state index is 12.6. The van der Waals surface area contributed by atoms with Crippen molar-refractivity contribution >= 4 is 11.6 Å². The normalized spacial score (nSPS) is 11.2. The Hall–Kier alpha value is -2.41. The molecule has 116 valence electrons. The zero-order valence-corrected chi connectivity index (χ0v) is 11.5. The van der Waals surface area contributed by atoms with Crippen LogP contribution in [-0.2, 0) is 17.5 Å². The van der Waals surface area contributed by atoms with Crippen molar-refractivity contribution in [1.82, 2.24) is 10.3 Å². The Bertz CT molecular complexity index is 629. The molecule has 2 N–H and O–H groups in total. The van der Waals surface area contributed by atoms with Crippen LogP contribution in [0.15, 0.2) is 48.8 Å². The van der Waals surface area contributed by atoms with E-state index >= 15 is 0 Å². The number of carbonyl (C=O) groups excluding carboxylic acids is 1. The quantitative estimate of drug-likeness (QED) is 0.893. The predicted octanol–water partition coefficient (Wildman–Crippen LogP) is 2.83. The molecule has 22 heavy (non-hydrogen) atoms. The highest BCUT2D eigenvalue weighted by Gasteiger charge is 2.30. The number of aromatic nitrogens is 1.